The van der Waals surface area contributed by atoms with E-state index in [9.17, 15) is 0 Å². The minimum Gasteiger partial charge on any atom is -0.499 e. The maximum absolute atomic E-state index is 5.54. The minimum absolute atomic E-state index is 0.514. The van der Waals surface area contributed by atoms with E-state index in [4.69, 9.17) is 37.9 Å². The Labute approximate surface area is 189 Å². The molecule has 0 fully saturated rings. The van der Waals surface area contributed by atoms with E-state index in [-0.39, 0.29) is 0 Å². The lowest BCUT2D eigenvalue weighted by atomic mass is 10.2. The van der Waals surface area contributed by atoms with Crippen molar-refractivity contribution in [1.29, 1.82) is 0 Å². The van der Waals surface area contributed by atoms with Crippen LogP contribution in [0.2, 0.25) is 0 Å². The van der Waals surface area contributed by atoms with Crippen LogP contribution < -0.4 is 0 Å². The van der Waals surface area contributed by atoms with Crippen molar-refractivity contribution in [3.63, 3.8) is 0 Å². The summed E-state index contributed by atoms with van der Waals surface area (Å²) in [6, 6.07) is 0. The third-order valence-electron chi connectivity index (χ3n) is 4.09. The highest BCUT2D eigenvalue weighted by Crippen LogP contribution is 2.02. The molecule has 0 radical (unpaired) electrons. The third kappa shape index (κ3) is 29.3. The first kappa shape index (κ1) is 30.3. The maximum Gasteiger partial charge on any atom is 0.111 e. The van der Waals surface area contributed by atoms with Crippen molar-refractivity contribution >= 4 is 0 Å². The predicted octanol–water partition coefficient (Wildman–Crippen LogP) is 3.23. The van der Waals surface area contributed by atoms with Crippen LogP contribution in [0.5, 0.6) is 0 Å². The van der Waals surface area contributed by atoms with Gasteiger partial charge in [0, 0.05) is 6.61 Å². The van der Waals surface area contributed by atoms with Crippen molar-refractivity contribution in [2.75, 3.05) is 99.1 Å². The molecule has 0 aromatic heterocycles. The smallest absolute Gasteiger partial charge is 0.111 e. The fourth-order valence-electron chi connectivity index (χ4n) is 2.42. The summed E-state index contributed by atoms with van der Waals surface area (Å²) in [6.45, 7) is 14.3. The summed E-state index contributed by atoms with van der Waals surface area (Å²) >= 11 is 0. The largest absolute Gasteiger partial charge is 0.499 e. The maximum atomic E-state index is 5.54. The highest BCUT2D eigenvalue weighted by atomic mass is 16.6. The zero-order chi connectivity index (χ0) is 22.5. The Hall–Kier alpha value is -0.740. The molecule has 0 heterocycles. The van der Waals surface area contributed by atoms with Crippen LogP contribution in [0.3, 0.4) is 0 Å². The molecule has 8 nitrogen and oxygen atoms in total. The molecule has 0 aliphatic heterocycles. The molecule has 0 unspecified atom stereocenters. The van der Waals surface area contributed by atoms with Crippen LogP contribution >= 0.6 is 0 Å². The quantitative estimate of drug-likeness (QED) is 0.133. The Bertz CT molecular complexity index is 331. The topological polar surface area (TPSA) is 73.8 Å². The van der Waals surface area contributed by atoms with E-state index in [0.29, 0.717) is 92.5 Å². The standard InChI is InChI=1S/C23H46O8/c1-3-5-6-7-8-9-25-12-13-27-16-17-29-20-21-31-23-22-30-19-18-28-15-14-26-11-10-24-4-2/h4H,2-3,5-23H2,1H3. The summed E-state index contributed by atoms with van der Waals surface area (Å²) in [6.07, 6.45) is 7.71. The van der Waals surface area contributed by atoms with E-state index < -0.39 is 0 Å². The molecule has 0 spiro atoms. The Kier molecular flexibility index (Phi) is 28.6. The zero-order valence-corrected chi connectivity index (χ0v) is 19.7. The van der Waals surface area contributed by atoms with E-state index in [1.54, 1.807) is 0 Å². The number of hydrogen-bond acceptors (Lipinski definition) is 8. The second-order valence-corrected chi connectivity index (χ2v) is 6.74. The Morgan fingerprint density at radius 1 is 0.419 bits per heavy atom. The average molecular weight is 451 g/mol. The van der Waals surface area contributed by atoms with Crippen LogP contribution in [0.25, 0.3) is 0 Å². The van der Waals surface area contributed by atoms with Gasteiger partial charge < -0.3 is 37.9 Å². The van der Waals surface area contributed by atoms with Gasteiger partial charge in [0.05, 0.1) is 92.2 Å². The summed E-state index contributed by atoms with van der Waals surface area (Å²) in [7, 11) is 0. The van der Waals surface area contributed by atoms with Gasteiger partial charge in [-0.25, -0.2) is 0 Å². The van der Waals surface area contributed by atoms with Crippen molar-refractivity contribution in [2.24, 2.45) is 0 Å². The van der Waals surface area contributed by atoms with Gasteiger partial charge in [-0.2, -0.15) is 0 Å². The van der Waals surface area contributed by atoms with Crippen molar-refractivity contribution in [2.45, 2.75) is 39.0 Å². The summed E-state index contributed by atoms with van der Waals surface area (Å²) in [4.78, 5) is 0. The first-order valence-corrected chi connectivity index (χ1v) is 11.7. The molecule has 0 atom stereocenters. The Balaban J connectivity index is 2.98. The fraction of sp³-hybridized carbons (Fsp3) is 0.913. The first-order valence-electron chi connectivity index (χ1n) is 11.7. The molecular formula is C23H46O8. The van der Waals surface area contributed by atoms with Crippen molar-refractivity contribution in [3.05, 3.63) is 12.8 Å². The first-order chi connectivity index (χ1) is 15.4. The summed E-state index contributed by atoms with van der Waals surface area (Å²) in [5.41, 5.74) is 0. The van der Waals surface area contributed by atoms with E-state index >= 15 is 0 Å². The van der Waals surface area contributed by atoms with Gasteiger partial charge in [0.15, 0.2) is 0 Å². The highest BCUT2D eigenvalue weighted by Gasteiger charge is 1.95. The van der Waals surface area contributed by atoms with Crippen molar-refractivity contribution in [1.82, 2.24) is 0 Å². The van der Waals surface area contributed by atoms with Crippen molar-refractivity contribution in [3.8, 4) is 0 Å². The van der Waals surface area contributed by atoms with Crippen LogP contribution in [0.1, 0.15) is 39.0 Å². The lowest BCUT2D eigenvalue weighted by molar-refractivity contribution is -0.0217. The molecule has 0 aliphatic rings. The summed E-state index contributed by atoms with van der Waals surface area (Å²) in [5, 5.41) is 0. The van der Waals surface area contributed by atoms with Crippen LogP contribution in [-0.2, 0) is 37.9 Å². The molecular weight excluding hydrogens is 404 g/mol. The van der Waals surface area contributed by atoms with Gasteiger partial charge in [-0.05, 0) is 6.42 Å². The molecule has 0 aromatic rings. The van der Waals surface area contributed by atoms with E-state index in [1.807, 2.05) is 0 Å². The number of hydrogen-bond donors (Lipinski definition) is 0. The molecule has 8 heteroatoms. The molecule has 186 valence electrons. The molecule has 0 aliphatic carbocycles. The average Bonchev–Trinajstić information content (AvgIpc) is 2.78. The normalized spacial score (nSPS) is 11.1. The van der Waals surface area contributed by atoms with E-state index in [0.717, 1.165) is 13.0 Å². The molecule has 0 saturated heterocycles. The number of ether oxygens (including phenoxy) is 8. The predicted molar refractivity (Wildman–Crippen MR) is 121 cm³/mol. The van der Waals surface area contributed by atoms with Crippen molar-refractivity contribution < 1.29 is 37.9 Å². The lowest BCUT2D eigenvalue weighted by Gasteiger charge is -2.08. The minimum atomic E-state index is 0.514. The molecule has 31 heavy (non-hydrogen) atoms. The summed E-state index contributed by atoms with van der Waals surface area (Å²) in [5.74, 6) is 0. The monoisotopic (exact) mass is 450 g/mol. The Morgan fingerprint density at radius 3 is 1.10 bits per heavy atom. The number of rotatable bonds is 28. The Morgan fingerprint density at radius 2 is 0.742 bits per heavy atom. The lowest BCUT2D eigenvalue weighted by Crippen LogP contribution is -2.14. The van der Waals surface area contributed by atoms with Gasteiger partial charge in [-0.1, -0.05) is 39.2 Å². The van der Waals surface area contributed by atoms with Crippen LogP contribution in [-0.4, -0.2) is 99.1 Å². The SMILES string of the molecule is C=COCCOCCOCCOCCOCCOCCOCCOCCCCCCC. The molecule has 0 rings (SSSR count). The van der Waals surface area contributed by atoms with Crippen LogP contribution in [0.15, 0.2) is 12.8 Å². The molecule has 0 bridgehead atoms. The zero-order valence-electron chi connectivity index (χ0n) is 19.7. The highest BCUT2D eigenvalue weighted by molar-refractivity contribution is 4.47. The van der Waals surface area contributed by atoms with Gasteiger partial charge in [-0.15, -0.1) is 0 Å². The van der Waals surface area contributed by atoms with Gasteiger partial charge in [-0.3, -0.25) is 0 Å². The van der Waals surface area contributed by atoms with Gasteiger partial charge >= 0.3 is 0 Å². The molecule has 0 saturated carbocycles. The third-order valence-corrected chi connectivity index (χ3v) is 4.09. The number of unbranched alkanes of at least 4 members (excludes halogenated alkanes) is 4. The van der Waals surface area contributed by atoms with Crippen LogP contribution in [0, 0.1) is 0 Å². The summed E-state index contributed by atoms with van der Waals surface area (Å²) < 4.78 is 42.9. The molecule has 0 amide bonds. The van der Waals surface area contributed by atoms with Crippen LogP contribution in [0.4, 0.5) is 0 Å². The van der Waals surface area contributed by atoms with Gasteiger partial charge in [0.2, 0.25) is 0 Å². The second kappa shape index (κ2) is 29.3. The van der Waals surface area contributed by atoms with Gasteiger partial charge in [0.25, 0.3) is 0 Å². The molecule has 0 N–H and O–H groups in total. The van der Waals surface area contributed by atoms with E-state index in [1.165, 1.54) is 31.9 Å². The van der Waals surface area contributed by atoms with Gasteiger partial charge in [0.1, 0.15) is 6.61 Å². The fourth-order valence-corrected chi connectivity index (χ4v) is 2.42. The molecule has 0 aromatic carbocycles. The van der Waals surface area contributed by atoms with E-state index in [2.05, 4.69) is 13.5 Å². The second-order valence-electron chi connectivity index (χ2n) is 6.74.